The zero-order valence-electron chi connectivity index (χ0n) is 14.4. The van der Waals surface area contributed by atoms with Crippen molar-refractivity contribution in [3.05, 3.63) is 77.1 Å². The lowest BCUT2D eigenvalue weighted by molar-refractivity contribution is 0.472. The second kappa shape index (κ2) is 7.03. The number of aromatic hydroxyl groups is 1. The van der Waals surface area contributed by atoms with Crippen LogP contribution in [0.2, 0.25) is 0 Å². The standard InChI is InChI=1S/C21H13N3O2S2/c25-15-7-6-14-10-16(19(26-18(14)11-15)24-21-22-8-9-27-21)20-23-17(12-28-20)13-4-2-1-3-5-13/h1-12,25H. The van der Waals surface area contributed by atoms with Crippen molar-refractivity contribution in [2.45, 2.75) is 0 Å². The summed E-state index contributed by atoms with van der Waals surface area (Å²) in [5, 5.41) is 15.9. The lowest BCUT2D eigenvalue weighted by Crippen LogP contribution is -2.05. The van der Waals surface area contributed by atoms with Gasteiger partial charge in [-0.05, 0) is 18.2 Å². The van der Waals surface area contributed by atoms with Crippen molar-refractivity contribution in [2.24, 2.45) is 4.99 Å². The molecule has 136 valence electrons. The fourth-order valence-electron chi connectivity index (χ4n) is 2.84. The van der Waals surface area contributed by atoms with E-state index in [1.165, 1.54) is 22.7 Å². The second-order valence-corrected chi connectivity index (χ2v) is 7.75. The largest absolute Gasteiger partial charge is 0.508 e. The van der Waals surface area contributed by atoms with Crippen molar-refractivity contribution >= 4 is 38.8 Å². The van der Waals surface area contributed by atoms with E-state index in [9.17, 15) is 5.11 Å². The number of thiazole rings is 2. The molecule has 0 unspecified atom stereocenters. The normalized spacial score (nSPS) is 11.9. The number of phenols is 1. The molecule has 0 spiro atoms. The summed E-state index contributed by atoms with van der Waals surface area (Å²) in [6.45, 7) is 0. The number of rotatable bonds is 3. The average Bonchev–Trinajstić information content (AvgIpc) is 3.40. The molecule has 0 amide bonds. The minimum Gasteiger partial charge on any atom is -0.508 e. The smallest absolute Gasteiger partial charge is 0.232 e. The molecule has 5 aromatic rings. The molecule has 3 heterocycles. The third kappa shape index (κ3) is 3.21. The van der Waals surface area contributed by atoms with E-state index in [0.29, 0.717) is 16.3 Å². The quantitative estimate of drug-likeness (QED) is 0.424. The molecule has 5 nitrogen and oxygen atoms in total. The predicted molar refractivity (Wildman–Crippen MR) is 112 cm³/mol. The topological polar surface area (TPSA) is 71.5 Å². The summed E-state index contributed by atoms with van der Waals surface area (Å²) in [7, 11) is 0. The maximum atomic E-state index is 9.78. The molecule has 2 aromatic carbocycles. The summed E-state index contributed by atoms with van der Waals surface area (Å²) in [6, 6.07) is 17.1. The molecule has 0 aliphatic carbocycles. The van der Waals surface area contributed by atoms with Crippen molar-refractivity contribution < 1.29 is 9.52 Å². The van der Waals surface area contributed by atoms with E-state index in [1.54, 1.807) is 18.3 Å². The van der Waals surface area contributed by atoms with Crippen LogP contribution < -0.4 is 5.55 Å². The first-order valence-corrected chi connectivity index (χ1v) is 10.2. The highest BCUT2D eigenvalue weighted by Gasteiger charge is 2.13. The highest BCUT2D eigenvalue weighted by molar-refractivity contribution is 7.13. The van der Waals surface area contributed by atoms with E-state index in [2.05, 4.69) is 9.98 Å². The Bertz CT molecular complexity index is 1320. The summed E-state index contributed by atoms with van der Waals surface area (Å²) in [5.41, 5.74) is 3.74. The minimum absolute atomic E-state index is 0.143. The maximum absolute atomic E-state index is 9.78. The molecule has 0 saturated carbocycles. The van der Waals surface area contributed by atoms with Gasteiger partial charge in [0, 0.05) is 34.0 Å². The average molecular weight is 403 g/mol. The monoisotopic (exact) mass is 403 g/mol. The van der Waals surface area contributed by atoms with E-state index in [0.717, 1.165) is 27.2 Å². The lowest BCUT2D eigenvalue weighted by atomic mass is 10.1. The molecule has 0 atom stereocenters. The zero-order valence-corrected chi connectivity index (χ0v) is 16.1. The first-order valence-electron chi connectivity index (χ1n) is 8.49. The molecule has 0 fully saturated rings. The molecular formula is C21H13N3O2S2. The Hall–Kier alpha value is -3.29. The van der Waals surface area contributed by atoms with Gasteiger partial charge in [0.05, 0.1) is 11.3 Å². The molecule has 0 radical (unpaired) electrons. The van der Waals surface area contributed by atoms with Crippen molar-refractivity contribution in [1.29, 1.82) is 0 Å². The van der Waals surface area contributed by atoms with Crippen LogP contribution in [-0.4, -0.2) is 15.1 Å². The maximum Gasteiger partial charge on any atom is 0.232 e. The fraction of sp³-hybridized carbons (Fsp3) is 0. The van der Waals surface area contributed by atoms with Crippen LogP contribution in [0.4, 0.5) is 5.13 Å². The molecule has 0 bridgehead atoms. The molecule has 0 saturated heterocycles. The first kappa shape index (κ1) is 16.9. The number of nitrogens with zero attached hydrogens (tertiary/aromatic N) is 3. The highest BCUT2D eigenvalue weighted by atomic mass is 32.1. The van der Waals surface area contributed by atoms with Gasteiger partial charge in [-0.15, -0.1) is 22.7 Å². The van der Waals surface area contributed by atoms with Crippen molar-refractivity contribution in [3.63, 3.8) is 0 Å². The summed E-state index contributed by atoms with van der Waals surface area (Å²) < 4.78 is 6.02. The Balaban J connectivity index is 1.72. The molecule has 0 aliphatic heterocycles. The van der Waals surface area contributed by atoms with Crippen LogP contribution in [0.3, 0.4) is 0 Å². The summed E-state index contributed by atoms with van der Waals surface area (Å²) in [6.07, 6.45) is 1.70. The van der Waals surface area contributed by atoms with Crippen LogP contribution in [0.5, 0.6) is 5.75 Å². The van der Waals surface area contributed by atoms with E-state index >= 15 is 0 Å². The second-order valence-electron chi connectivity index (χ2n) is 6.02. The molecule has 28 heavy (non-hydrogen) atoms. The zero-order chi connectivity index (χ0) is 18.9. The van der Waals surface area contributed by atoms with Gasteiger partial charge in [-0.1, -0.05) is 30.3 Å². The van der Waals surface area contributed by atoms with Crippen molar-refractivity contribution in [2.75, 3.05) is 0 Å². The van der Waals surface area contributed by atoms with Crippen LogP contribution >= 0.6 is 22.7 Å². The number of hydrogen-bond acceptors (Lipinski definition) is 7. The van der Waals surface area contributed by atoms with E-state index in [1.807, 2.05) is 53.2 Å². The van der Waals surface area contributed by atoms with Crippen LogP contribution in [0.1, 0.15) is 0 Å². The number of hydrogen-bond donors (Lipinski definition) is 1. The molecule has 7 heteroatoms. The number of phenolic OH excluding ortho intramolecular Hbond substituents is 1. The van der Waals surface area contributed by atoms with Crippen LogP contribution in [0.25, 0.3) is 32.8 Å². The summed E-state index contributed by atoms with van der Waals surface area (Å²) in [4.78, 5) is 13.6. The Morgan fingerprint density at radius 2 is 1.89 bits per heavy atom. The molecule has 1 N–H and O–H groups in total. The van der Waals surface area contributed by atoms with E-state index in [-0.39, 0.29) is 5.75 Å². The SMILES string of the molecule is Oc1ccc2cc(-c3nc(-c4ccccc4)cs3)c(=Nc3nccs3)oc2c1. The minimum atomic E-state index is 0.143. The first-order chi connectivity index (χ1) is 13.8. The molecular weight excluding hydrogens is 390 g/mol. The predicted octanol–water partition coefficient (Wildman–Crippen LogP) is 5.62. The third-order valence-electron chi connectivity index (χ3n) is 4.15. The highest BCUT2D eigenvalue weighted by Crippen LogP contribution is 2.30. The third-order valence-corrected chi connectivity index (χ3v) is 5.70. The van der Waals surface area contributed by atoms with Gasteiger partial charge in [-0.2, -0.15) is 4.99 Å². The Kier molecular flexibility index (Phi) is 4.23. The van der Waals surface area contributed by atoms with Gasteiger partial charge in [-0.3, -0.25) is 0 Å². The fourth-order valence-corrected chi connectivity index (χ4v) is 4.18. The molecule has 3 aromatic heterocycles. The summed E-state index contributed by atoms with van der Waals surface area (Å²) in [5.74, 6) is 0.143. The Morgan fingerprint density at radius 1 is 1.00 bits per heavy atom. The molecule has 0 aliphatic rings. The van der Waals surface area contributed by atoms with Crippen LogP contribution in [0.15, 0.2) is 81.0 Å². The van der Waals surface area contributed by atoms with Crippen LogP contribution in [0, 0.1) is 0 Å². The van der Waals surface area contributed by atoms with Gasteiger partial charge < -0.3 is 9.52 Å². The lowest BCUT2D eigenvalue weighted by Gasteiger charge is -2.03. The van der Waals surface area contributed by atoms with Gasteiger partial charge >= 0.3 is 0 Å². The van der Waals surface area contributed by atoms with E-state index < -0.39 is 0 Å². The van der Waals surface area contributed by atoms with Gasteiger partial charge in [0.15, 0.2) is 0 Å². The molecule has 5 rings (SSSR count). The van der Waals surface area contributed by atoms with E-state index in [4.69, 9.17) is 9.40 Å². The summed E-state index contributed by atoms with van der Waals surface area (Å²) >= 11 is 2.97. The number of fused-ring (bicyclic) bond motifs is 1. The van der Waals surface area contributed by atoms with Crippen molar-refractivity contribution in [3.8, 4) is 27.6 Å². The van der Waals surface area contributed by atoms with Crippen molar-refractivity contribution in [1.82, 2.24) is 9.97 Å². The van der Waals surface area contributed by atoms with Gasteiger partial charge in [0.25, 0.3) is 0 Å². The number of benzene rings is 2. The van der Waals surface area contributed by atoms with Gasteiger partial charge in [0.1, 0.15) is 16.3 Å². The number of aromatic nitrogens is 2. The Labute approximate surface area is 167 Å². The van der Waals surface area contributed by atoms with Crippen LogP contribution in [-0.2, 0) is 0 Å². The van der Waals surface area contributed by atoms with Gasteiger partial charge in [0.2, 0.25) is 10.7 Å². The van der Waals surface area contributed by atoms with Gasteiger partial charge in [-0.25, -0.2) is 9.97 Å². The Morgan fingerprint density at radius 3 is 2.71 bits per heavy atom.